The van der Waals surface area contributed by atoms with Crippen LogP contribution in [0.4, 0.5) is 5.69 Å². The van der Waals surface area contributed by atoms with Crippen LogP contribution in [-0.2, 0) is 4.79 Å². The first-order valence-corrected chi connectivity index (χ1v) is 11.4. The third-order valence-electron chi connectivity index (χ3n) is 5.82. The first-order chi connectivity index (χ1) is 14.6. The summed E-state index contributed by atoms with van der Waals surface area (Å²) in [5, 5.41) is 4.04. The van der Waals surface area contributed by atoms with E-state index in [1.807, 2.05) is 32.0 Å². The van der Waals surface area contributed by atoms with Crippen LogP contribution >= 0.6 is 46.4 Å². The van der Waals surface area contributed by atoms with Crippen LogP contribution in [0.5, 0.6) is 0 Å². The lowest BCUT2D eigenvalue weighted by Gasteiger charge is -2.11. The zero-order valence-electron chi connectivity index (χ0n) is 17.3. The molecule has 6 heteroatoms. The van der Waals surface area contributed by atoms with Gasteiger partial charge in [0.2, 0.25) is 5.91 Å². The number of hydrogen-bond donors (Lipinski definition) is 1. The van der Waals surface area contributed by atoms with Crippen LogP contribution in [0, 0.1) is 26.7 Å². The molecule has 1 aliphatic rings. The number of benzene rings is 3. The lowest BCUT2D eigenvalue weighted by Crippen LogP contribution is -2.17. The number of hydrogen-bond acceptors (Lipinski definition) is 1. The number of anilines is 1. The van der Waals surface area contributed by atoms with Crippen molar-refractivity contribution in [3.8, 4) is 11.1 Å². The Morgan fingerprint density at radius 2 is 1.55 bits per heavy atom. The van der Waals surface area contributed by atoms with Crippen molar-refractivity contribution in [1.82, 2.24) is 0 Å². The van der Waals surface area contributed by atoms with Crippen molar-refractivity contribution in [2.75, 3.05) is 5.32 Å². The largest absolute Gasteiger partial charge is 0.326 e. The molecule has 0 saturated heterocycles. The molecule has 2 unspecified atom stereocenters. The summed E-state index contributed by atoms with van der Waals surface area (Å²) in [5.41, 5.74) is 6.70. The highest BCUT2D eigenvalue weighted by Gasteiger charge is 2.68. The minimum atomic E-state index is -1.24. The molecular formula is C25H21Cl4NO. The van der Waals surface area contributed by atoms with Gasteiger partial charge in [0.15, 0.2) is 0 Å². The molecule has 0 heterocycles. The summed E-state index contributed by atoms with van der Waals surface area (Å²) in [6.45, 7) is 5.97. The standard InChI is InChI=1S/C25H21Cl4NO/c1-13-4-7-16(8-5-13)18-11-17(9-6-14(18)2)30-24(31)23-22(25(23,28)29)19-12-20(26)15(3)10-21(19)27/h4-12,22-23H,1-3H3,(H,30,31). The number of alkyl halides is 2. The average Bonchev–Trinajstić information content (AvgIpc) is 3.28. The predicted octanol–water partition coefficient (Wildman–Crippen LogP) is 8.11. The maximum atomic E-state index is 13.1. The third-order valence-corrected chi connectivity index (χ3v) is 7.49. The summed E-state index contributed by atoms with van der Waals surface area (Å²) in [5.74, 6) is -1.30. The number of aryl methyl sites for hydroxylation is 3. The highest BCUT2D eigenvalue weighted by molar-refractivity contribution is 6.54. The van der Waals surface area contributed by atoms with Crippen molar-refractivity contribution < 1.29 is 4.79 Å². The van der Waals surface area contributed by atoms with Gasteiger partial charge in [-0.1, -0.05) is 59.1 Å². The zero-order valence-corrected chi connectivity index (χ0v) is 20.3. The minimum absolute atomic E-state index is 0.249. The monoisotopic (exact) mass is 491 g/mol. The van der Waals surface area contributed by atoms with Gasteiger partial charge >= 0.3 is 0 Å². The molecule has 0 bridgehead atoms. The molecule has 1 saturated carbocycles. The van der Waals surface area contributed by atoms with E-state index in [9.17, 15) is 4.79 Å². The second-order valence-corrected chi connectivity index (χ2v) is 10.4. The molecule has 1 aliphatic carbocycles. The highest BCUT2D eigenvalue weighted by atomic mass is 35.5. The molecule has 0 aliphatic heterocycles. The van der Waals surface area contributed by atoms with Gasteiger partial charge in [-0.2, -0.15) is 0 Å². The van der Waals surface area contributed by atoms with Gasteiger partial charge in [-0.15, -0.1) is 23.2 Å². The van der Waals surface area contributed by atoms with E-state index in [4.69, 9.17) is 46.4 Å². The Bertz CT molecular complexity index is 1170. The van der Waals surface area contributed by atoms with E-state index < -0.39 is 16.2 Å². The number of halogens is 4. The van der Waals surface area contributed by atoms with Gasteiger partial charge in [-0.3, -0.25) is 4.79 Å². The van der Waals surface area contributed by atoms with E-state index in [0.29, 0.717) is 21.3 Å². The van der Waals surface area contributed by atoms with E-state index in [2.05, 4.69) is 36.5 Å². The van der Waals surface area contributed by atoms with Gasteiger partial charge in [0.1, 0.15) is 4.33 Å². The van der Waals surface area contributed by atoms with Crippen molar-refractivity contribution in [3.05, 3.63) is 86.9 Å². The fourth-order valence-electron chi connectivity index (χ4n) is 3.90. The average molecular weight is 493 g/mol. The SMILES string of the molecule is Cc1ccc(-c2cc(NC(=O)C3C(c4cc(Cl)c(C)cc4Cl)C3(Cl)Cl)ccc2C)cc1. The summed E-state index contributed by atoms with van der Waals surface area (Å²) >= 11 is 25.7. The summed E-state index contributed by atoms with van der Waals surface area (Å²) < 4.78 is -1.24. The predicted molar refractivity (Wildman–Crippen MR) is 132 cm³/mol. The van der Waals surface area contributed by atoms with E-state index >= 15 is 0 Å². The van der Waals surface area contributed by atoms with Gasteiger partial charge in [0.05, 0.1) is 5.92 Å². The van der Waals surface area contributed by atoms with Gasteiger partial charge in [-0.05, 0) is 72.9 Å². The summed E-state index contributed by atoms with van der Waals surface area (Å²) in [6.07, 6.45) is 0. The maximum absolute atomic E-state index is 13.1. The molecule has 3 aromatic carbocycles. The molecule has 1 amide bonds. The summed E-state index contributed by atoms with van der Waals surface area (Å²) in [6, 6.07) is 17.6. The Morgan fingerprint density at radius 1 is 0.871 bits per heavy atom. The minimum Gasteiger partial charge on any atom is -0.326 e. The van der Waals surface area contributed by atoms with Crippen LogP contribution in [0.25, 0.3) is 11.1 Å². The van der Waals surface area contributed by atoms with Gasteiger partial charge in [0, 0.05) is 21.7 Å². The second kappa shape index (κ2) is 8.33. The van der Waals surface area contributed by atoms with Crippen molar-refractivity contribution in [2.24, 2.45) is 5.92 Å². The highest BCUT2D eigenvalue weighted by Crippen LogP contribution is 2.66. The molecule has 160 valence electrons. The Morgan fingerprint density at radius 3 is 2.23 bits per heavy atom. The molecule has 2 atom stereocenters. The molecule has 0 spiro atoms. The normalized spacial score (nSPS) is 19.2. The molecule has 0 aromatic heterocycles. The lowest BCUT2D eigenvalue weighted by molar-refractivity contribution is -0.117. The smallest absolute Gasteiger partial charge is 0.231 e. The van der Waals surface area contributed by atoms with Gasteiger partial charge in [-0.25, -0.2) is 0 Å². The number of amides is 1. The maximum Gasteiger partial charge on any atom is 0.231 e. The lowest BCUT2D eigenvalue weighted by atomic mass is 9.99. The van der Waals surface area contributed by atoms with Crippen molar-refractivity contribution in [1.29, 1.82) is 0 Å². The van der Waals surface area contributed by atoms with E-state index in [0.717, 1.165) is 22.3 Å². The molecule has 4 rings (SSSR count). The zero-order chi connectivity index (χ0) is 22.5. The topological polar surface area (TPSA) is 29.1 Å². The fraction of sp³-hybridized carbons (Fsp3) is 0.240. The van der Waals surface area contributed by atoms with Crippen LogP contribution in [0.15, 0.2) is 54.6 Å². The molecule has 31 heavy (non-hydrogen) atoms. The Balaban J connectivity index is 1.58. The second-order valence-electron chi connectivity index (χ2n) is 8.14. The molecule has 0 radical (unpaired) electrons. The molecule has 1 N–H and O–H groups in total. The van der Waals surface area contributed by atoms with Gasteiger partial charge < -0.3 is 5.32 Å². The quantitative estimate of drug-likeness (QED) is 0.366. The van der Waals surface area contributed by atoms with Crippen LogP contribution < -0.4 is 5.32 Å². The number of nitrogens with one attached hydrogen (secondary N) is 1. The van der Waals surface area contributed by atoms with E-state index in [1.165, 1.54) is 5.56 Å². The number of rotatable bonds is 4. The first kappa shape index (κ1) is 22.5. The van der Waals surface area contributed by atoms with Crippen molar-refractivity contribution in [2.45, 2.75) is 31.0 Å². The van der Waals surface area contributed by atoms with Crippen LogP contribution in [0.3, 0.4) is 0 Å². The summed E-state index contributed by atoms with van der Waals surface area (Å²) in [4.78, 5) is 13.1. The summed E-state index contributed by atoms with van der Waals surface area (Å²) in [7, 11) is 0. The first-order valence-electron chi connectivity index (χ1n) is 9.91. The molecular weight excluding hydrogens is 472 g/mol. The van der Waals surface area contributed by atoms with Crippen molar-refractivity contribution >= 4 is 58.0 Å². The Labute approximate surface area is 202 Å². The molecule has 3 aromatic rings. The van der Waals surface area contributed by atoms with Crippen molar-refractivity contribution in [3.63, 3.8) is 0 Å². The van der Waals surface area contributed by atoms with E-state index in [-0.39, 0.29) is 5.91 Å². The number of carbonyl (C=O) groups excluding carboxylic acids is 1. The van der Waals surface area contributed by atoms with Gasteiger partial charge in [0.25, 0.3) is 0 Å². The molecule has 2 nitrogen and oxygen atoms in total. The fourth-order valence-corrected chi connectivity index (χ4v) is 5.22. The van der Waals surface area contributed by atoms with Crippen LogP contribution in [0.2, 0.25) is 10.0 Å². The van der Waals surface area contributed by atoms with E-state index in [1.54, 1.807) is 12.1 Å². The Kier molecular flexibility index (Phi) is 6.04. The Hall–Kier alpha value is -1.71. The number of carbonyl (C=O) groups is 1. The third kappa shape index (κ3) is 4.32. The molecule has 1 fully saturated rings. The van der Waals surface area contributed by atoms with Crippen LogP contribution in [-0.4, -0.2) is 10.2 Å². The van der Waals surface area contributed by atoms with Crippen LogP contribution in [0.1, 0.15) is 28.2 Å².